The largest absolute Gasteiger partial charge is 0.337 e. The Morgan fingerprint density at radius 3 is 2.23 bits per heavy atom. The first-order chi connectivity index (χ1) is 14.6. The van der Waals surface area contributed by atoms with E-state index < -0.39 is 5.82 Å². The lowest BCUT2D eigenvalue weighted by Crippen LogP contribution is -2.37. The third kappa shape index (κ3) is 3.80. The van der Waals surface area contributed by atoms with E-state index in [1.807, 2.05) is 25.1 Å². The second-order valence-corrected chi connectivity index (χ2v) is 7.16. The zero-order valence-electron chi connectivity index (χ0n) is 16.7. The van der Waals surface area contributed by atoms with Gasteiger partial charge in [-0.1, -0.05) is 18.2 Å². The van der Waals surface area contributed by atoms with Gasteiger partial charge in [0.25, 0.3) is 11.8 Å². The lowest BCUT2D eigenvalue weighted by Gasteiger charge is -2.22. The van der Waals surface area contributed by atoms with Crippen molar-refractivity contribution < 1.29 is 14.0 Å². The van der Waals surface area contributed by atoms with Crippen LogP contribution in [0.2, 0.25) is 0 Å². The summed E-state index contributed by atoms with van der Waals surface area (Å²) in [7, 11) is 0. The molecule has 0 bridgehead atoms. The summed E-state index contributed by atoms with van der Waals surface area (Å²) in [6, 6.07) is 11.5. The van der Waals surface area contributed by atoms with Crippen LogP contribution in [0.15, 0.2) is 54.9 Å². The number of carbonyl (C=O) groups is 2. The molecule has 1 aromatic carbocycles. The average molecular weight is 407 g/mol. The number of rotatable bonds is 3. The van der Waals surface area contributed by atoms with Crippen LogP contribution in [0.25, 0.3) is 5.82 Å². The summed E-state index contributed by atoms with van der Waals surface area (Å²) in [6.07, 6.45) is 3.85. The van der Waals surface area contributed by atoms with Crippen LogP contribution in [-0.2, 0) is 0 Å². The van der Waals surface area contributed by atoms with Crippen LogP contribution >= 0.6 is 0 Å². The summed E-state index contributed by atoms with van der Waals surface area (Å²) in [6.45, 7) is 3.57. The van der Waals surface area contributed by atoms with E-state index >= 15 is 0 Å². The summed E-state index contributed by atoms with van der Waals surface area (Å²) in [5.41, 5.74) is 1.28. The van der Waals surface area contributed by atoms with Crippen molar-refractivity contribution in [3.63, 3.8) is 0 Å². The molecular weight excluding hydrogens is 385 g/mol. The number of hydrogen-bond donors (Lipinski definition) is 0. The normalized spacial score (nSPS) is 14.5. The molecule has 1 aliphatic heterocycles. The zero-order valence-corrected chi connectivity index (χ0v) is 16.7. The van der Waals surface area contributed by atoms with Gasteiger partial charge >= 0.3 is 0 Å². The van der Waals surface area contributed by atoms with Gasteiger partial charge in [0.15, 0.2) is 5.82 Å². The Kier molecular flexibility index (Phi) is 5.56. The van der Waals surface area contributed by atoms with Gasteiger partial charge in [0.1, 0.15) is 5.82 Å². The Labute approximate surface area is 173 Å². The van der Waals surface area contributed by atoms with Gasteiger partial charge in [-0.2, -0.15) is 5.10 Å². The monoisotopic (exact) mass is 407 g/mol. The molecule has 2 amide bonds. The molecule has 1 saturated heterocycles. The lowest BCUT2D eigenvalue weighted by molar-refractivity contribution is 0.0715. The van der Waals surface area contributed by atoms with Gasteiger partial charge in [-0.25, -0.2) is 14.1 Å². The van der Waals surface area contributed by atoms with Crippen molar-refractivity contribution in [3.05, 3.63) is 77.5 Å². The molecule has 0 spiro atoms. The first-order valence-electron chi connectivity index (χ1n) is 9.85. The Hall–Kier alpha value is -3.55. The number of hydrogen-bond acceptors (Lipinski definition) is 4. The maximum Gasteiger partial charge on any atom is 0.257 e. The van der Waals surface area contributed by atoms with Crippen molar-refractivity contribution in [1.82, 2.24) is 24.6 Å². The number of benzene rings is 1. The minimum absolute atomic E-state index is 0.0600. The van der Waals surface area contributed by atoms with Crippen LogP contribution < -0.4 is 0 Å². The summed E-state index contributed by atoms with van der Waals surface area (Å²) in [4.78, 5) is 33.4. The molecule has 8 heteroatoms. The number of amides is 2. The molecule has 2 aromatic heterocycles. The standard InChI is InChI=1S/C22H22FN5O2/c1-16-18(15-25-28(16)20-9-4-5-10-24-20)22(30)27-12-6-11-26(13-14-27)21(29)17-7-2-3-8-19(17)23/h2-5,7-10,15H,6,11-14H2,1H3. The van der Waals surface area contributed by atoms with Crippen LogP contribution in [0.4, 0.5) is 4.39 Å². The zero-order chi connectivity index (χ0) is 21.1. The molecule has 0 radical (unpaired) electrons. The molecule has 154 valence electrons. The number of aromatic nitrogens is 3. The summed E-state index contributed by atoms with van der Waals surface area (Å²) in [5, 5.41) is 4.32. The highest BCUT2D eigenvalue weighted by Crippen LogP contribution is 2.17. The molecule has 1 aliphatic rings. The molecule has 0 N–H and O–H groups in total. The number of pyridine rings is 1. The van der Waals surface area contributed by atoms with E-state index in [9.17, 15) is 14.0 Å². The molecule has 0 unspecified atom stereocenters. The van der Waals surface area contributed by atoms with Gasteiger partial charge in [-0.15, -0.1) is 0 Å². The highest BCUT2D eigenvalue weighted by Gasteiger charge is 2.26. The first kappa shape index (κ1) is 19.8. The highest BCUT2D eigenvalue weighted by atomic mass is 19.1. The molecule has 3 heterocycles. The van der Waals surface area contributed by atoms with Crippen molar-refractivity contribution in [1.29, 1.82) is 0 Å². The van der Waals surface area contributed by atoms with Crippen LogP contribution in [0.1, 0.15) is 32.8 Å². The van der Waals surface area contributed by atoms with E-state index in [1.54, 1.807) is 39.0 Å². The van der Waals surface area contributed by atoms with Gasteiger partial charge in [-0.05, 0) is 37.6 Å². The van der Waals surface area contributed by atoms with E-state index in [1.165, 1.54) is 12.1 Å². The second kappa shape index (κ2) is 8.44. The topological polar surface area (TPSA) is 71.3 Å². The van der Waals surface area contributed by atoms with E-state index in [4.69, 9.17) is 0 Å². The second-order valence-electron chi connectivity index (χ2n) is 7.16. The molecule has 1 fully saturated rings. The van der Waals surface area contributed by atoms with Gasteiger partial charge in [0.2, 0.25) is 0 Å². The summed E-state index contributed by atoms with van der Waals surface area (Å²) >= 11 is 0. The summed E-state index contributed by atoms with van der Waals surface area (Å²) in [5.74, 6) is -0.361. The number of nitrogens with zero attached hydrogens (tertiary/aromatic N) is 5. The Morgan fingerprint density at radius 2 is 1.57 bits per heavy atom. The number of carbonyl (C=O) groups excluding carboxylic acids is 2. The number of halogens is 1. The molecule has 4 rings (SSSR count). The maximum absolute atomic E-state index is 14.0. The predicted octanol–water partition coefficient (Wildman–Crippen LogP) is 2.70. The molecule has 7 nitrogen and oxygen atoms in total. The third-order valence-corrected chi connectivity index (χ3v) is 5.28. The van der Waals surface area contributed by atoms with E-state index in [-0.39, 0.29) is 17.4 Å². The first-order valence-corrected chi connectivity index (χ1v) is 9.85. The minimum atomic E-state index is -0.530. The minimum Gasteiger partial charge on any atom is -0.337 e. The molecule has 3 aromatic rings. The van der Waals surface area contributed by atoms with E-state index in [2.05, 4.69) is 10.1 Å². The molecule has 0 saturated carbocycles. The van der Waals surface area contributed by atoms with Crippen LogP contribution in [0, 0.1) is 12.7 Å². The summed E-state index contributed by atoms with van der Waals surface area (Å²) < 4.78 is 15.6. The van der Waals surface area contributed by atoms with Gasteiger partial charge in [-0.3, -0.25) is 9.59 Å². The molecule has 0 aliphatic carbocycles. The molecular formula is C22H22FN5O2. The lowest BCUT2D eigenvalue weighted by atomic mass is 10.2. The molecule has 0 atom stereocenters. The Bertz CT molecular complexity index is 1070. The Morgan fingerprint density at radius 1 is 0.900 bits per heavy atom. The predicted molar refractivity (Wildman–Crippen MR) is 109 cm³/mol. The van der Waals surface area contributed by atoms with Crippen LogP contribution in [-0.4, -0.2) is 62.6 Å². The fraction of sp³-hybridized carbons (Fsp3) is 0.273. The molecule has 30 heavy (non-hydrogen) atoms. The van der Waals surface area contributed by atoms with E-state index in [0.29, 0.717) is 49.7 Å². The van der Waals surface area contributed by atoms with Crippen LogP contribution in [0.3, 0.4) is 0 Å². The quantitative estimate of drug-likeness (QED) is 0.669. The van der Waals surface area contributed by atoms with Crippen molar-refractivity contribution in [3.8, 4) is 5.82 Å². The Balaban J connectivity index is 1.47. The maximum atomic E-state index is 14.0. The van der Waals surface area contributed by atoms with Gasteiger partial charge < -0.3 is 9.80 Å². The van der Waals surface area contributed by atoms with Crippen LogP contribution in [0.5, 0.6) is 0 Å². The smallest absolute Gasteiger partial charge is 0.257 e. The van der Waals surface area contributed by atoms with Gasteiger partial charge in [0, 0.05) is 32.4 Å². The highest BCUT2D eigenvalue weighted by molar-refractivity contribution is 5.96. The fourth-order valence-electron chi connectivity index (χ4n) is 3.63. The fourth-order valence-corrected chi connectivity index (χ4v) is 3.63. The van der Waals surface area contributed by atoms with E-state index in [0.717, 1.165) is 0 Å². The van der Waals surface area contributed by atoms with Crippen molar-refractivity contribution in [2.45, 2.75) is 13.3 Å². The van der Waals surface area contributed by atoms with Gasteiger partial charge in [0.05, 0.1) is 23.0 Å². The van der Waals surface area contributed by atoms with Crippen molar-refractivity contribution in [2.75, 3.05) is 26.2 Å². The van der Waals surface area contributed by atoms with Crippen molar-refractivity contribution in [2.24, 2.45) is 0 Å². The van der Waals surface area contributed by atoms with Crippen molar-refractivity contribution >= 4 is 11.8 Å². The average Bonchev–Trinajstić information content (AvgIpc) is 2.98. The third-order valence-electron chi connectivity index (χ3n) is 5.28. The SMILES string of the molecule is Cc1c(C(=O)N2CCCN(C(=O)c3ccccc3F)CC2)cnn1-c1ccccn1.